The third-order valence-corrected chi connectivity index (χ3v) is 4.91. The molecule has 0 spiro atoms. The van der Waals surface area contributed by atoms with Gasteiger partial charge >= 0.3 is 6.09 Å². The third kappa shape index (κ3) is 6.96. The minimum absolute atomic E-state index is 0.0335. The van der Waals surface area contributed by atoms with E-state index in [9.17, 15) is 14.4 Å². The molecule has 0 aromatic heterocycles. The lowest BCUT2D eigenvalue weighted by molar-refractivity contribution is -0.145. The van der Waals surface area contributed by atoms with Crippen LogP contribution in [0.25, 0.3) is 0 Å². The van der Waals surface area contributed by atoms with Crippen LogP contribution in [0.1, 0.15) is 59.8 Å². The van der Waals surface area contributed by atoms with Crippen molar-refractivity contribution < 1.29 is 23.9 Å². The number of rotatable bonds is 6. The van der Waals surface area contributed by atoms with Crippen LogP contribution < -0.4 is 10.6 Å². The van der Waals surface area contributed by atoms with E-state index in [0.717, 1.165) is 19.3 Å². The van der Waals surface area contributed by atoms with Gasteiger partial charge in [-0.05, 0) is 52.9 Å². The van der Waals surface area contributed by atoms with E-state index in [4.69, 9.17) is 9.47 Å². The normalized spacial score (nSPS) is 25.3. The Hall–Kier alpha value is -1.83. The average molecular weight is 398 g/mol. The maximum atomic E-state index is 12.8. The van der Waals surface area contributed by atoms with Gasteiger partial charge in [-0.15, -0.1) is 0 Å². The standard InChI is InChI=1S/C20H35N3O5/c1-5-10-21-17(24)14-7-6-11-23(13-14)18(25)16-9-8-15(27-16)12-22-19(26)28-20(2,3)4/h14-16H,5-13H2,1-4H3,(H,21,24)(H,22,26)/t14-,15+,16-/m1/s1. The Labute approximate surface area is 167 Å². The van der Waals surface area contributed by atoms with Gasteiger partial charge in [-0.25, -0.2) is 4.79 Å². The fourth-order valence-corrected chi connectivity index (χ4v) is 3.54. The fraction of sp³-hybridized carbons (Fsp3) is 0.850. The molecule has 0 radical (unpaired) electrons. The highest BCUT2D eigenvalue weighted by Gasteiger charge is 2.36. The number of carbonyl (C=O) groups is 3. The van der Waals surface area contributed by atoms with Gasteiger partial charge in [0.2, 0.25) is 5.91 Å². The van der Waals surface area contributed by atoms with E-state index < -0.39 is 17.8 Å². The topological polar surface area (TPSA) is 97.0 Å². The van der Waals surface area contributed by atoms with Crippen molar-refractivity contribution in [3.63, 3.8) is 0 Å². The van der Waals surface area contributed by atoms with Gasteiger partial charge in [-0.1, -0.05) is 6.92 Å². The second-order valence-corrected chi connectivity index (χ2v) is 8.62. The number of piperidine rings is 1. The first-order valence-electron chi connectivity index (χ1n) is 10.4. The van der Waals surface area contributed by atoms with Crippen molar-refractivity contribution in [3.05, 3.63) is 0 Å². The van der Waals surface area contributed by atoms with Crippen LogP contribution in [0.5, 0.6) is 0 Å². The number of nitrogens with zero attached hydrogens (tertiary/aromatic N) is 1. The van der Waals surface area contributed by atoms with Gasteiger partial charge in [0.1, 0.15) is 11.7 Å². The monoisotopic (exact) mass is 397 g/mol. The summed E-state index contributed by atoms with van der Waals surface area (Å²) in [4.78, 5) is 38.5. The quantitative estimate of drug-likeness (QED) is 0.713. The minimum atomic E-state index is -0.548. The maximum absolute atomic E-state index is 12.8. The second-order valence-electron chi connectivity index (χ2n) is 8.62. The van der Waals surface area contributed by atoms with Gasteiger partial charge in [0.05, 0.1) is 12.0 Å². The molecule has 0 aromatic rings. The molecule has 2 aliphatic heterocycles. The molecule has 0 saturated carbocycles. The molecule has 8 heteroatoms. The largest absolute Gasteiger partial charge is 0.444 e. The number of hydrogen-bond donors (Lipinski definition) is 2. The highest BCUT2D eigenvalue weighted by atomic mass is 16.6. The van der Waals surface area contributed by atoms with Crippen molar-refractivity contribution >= 4 is 17.9 Å². The van der Waals surface area contributed by atoms with Crippen molar-refractivity contribution in [1.82, 2.24) is 15.5 Å². The number of ether oxygens (including phenoxy) is 2. The lowest BCUT2D eigenvalue weighted by atomic mass is 9.96. The Balaban J connectivity index is 1.77. The number of hydrogen-bond acceptors (Lipinski definition) is 5. The van der Waals surface area contributed by atoms with E-state index in [0.29, 0.717) is 39.0 Å². The number of alkyl carbamates (subject to hydrolysis) is 1. The van der Waals surface area contributed by atoms with E-state index >= 15 is 0 Å². The Kier molecular flexibility index (Phi) is 8.10. The zero-order chi connectivity index (χ0) is 20.7. The van der Waals surface area contributed by atoms with E-state index in [-0.39, 0.29) is 23.8 Å². The van der Waals surface area contributed by atoms with Crippen molar-refractivity contribution in [2.24, 2.45) is 5.92 Å². The van der Waals surface area contributed by atoms with Crippen LogP contribution in [0, 0.1) is 5.92 Å². The summed E-state index contributed by atoms with van der Waals surface area (Å²) in [7, 11) is 0. The molecule has 8 nitrogen and oxygen atoms in total. The third-order valence-electron chi connectivity index (χ3n) is 4.91. The first kappa shape index (κ1) is 22.5. The molecule has 2 saturated heterocycles. The van der Waals surface area contributed by atoms with Crippen LogP contribution >= 0.6 is 0 Å². The number of amides is 3. The molecule has 0 aromatic carbocycles. The smallest absolute Gasteiger partial charge is 0.407 e. The fourth-order valence-electron chi connectivity index (χ4n) is 3.54. The van der Waals surface area contributed by atoms with Gasteiger partial charge in [-0.3, -0.25) is 9.59 Å². The summed E-state index contributed by atoms with van der Waals surface area (Å²) in [5, 5.41) is 5.62. The summed E-state index contributed by atoms with van der Waals surface area (Å²) in [6.45, 7) is 9.54. The van der Waals surface area contributed by atoms with Crippen LogP contribution in [0.2, 0.25) is 0 Å². The van der Waals surface area contributed by atoms with Crippen LogP contribution in [0.15, 0.2) is 0 Å². The molecule has 160 valence electrons. The molecule has 2 aliphatic rings. The Bertz CT molecular complexity index is 561. The Morgan fingerprint density at radius 3 is 2.57 bits per heavy atom. The van der Waals surface area contributed by atoms with Gasteiger partial charge in [0, 0.05) is 26.2 Å². The summed E-state index contributed by atoms with van der Waals surface area (Å²) in [6.07, 6.45) is 2.69. The molecule has 0 unspecified atom stereocenters. The summed E-state index contributed by atoms with van der Waals surface area (Å²) in [5.41, 5.74) is -0.548. The molecule has 3 amide bonds. The Morgan fingerprint density at radius 1 is 1.14 bits per heavy atom. The number of likely N-dealkylation sites (tertiary alicyclic amines) is 1. The van der Waals surface area contributed by atoms with Crippen LogP contribution in [0.3, 0.4) is 0 Å². The summed E-state index contributed by atoms with van der Waals surface area (Å²) in [5.74, 6) is -0.158. The predicted octanol–water partition coefficient (Wildman–Crippen LogP) is 1.82. The molecule has 28 heavy (non-hydrogen) atoms. The van der Waals surface area contributed by atoms with Crippen LogP contribution in [-0.4, -0.2) is 66.8 Å². The van der Waals surface area contributed by atoms with Gasteiger partial charge in [0.15, 0.2) is 0 Å². The van der Waals surface area contributed by atoms with E-state index in [1.807, 2.05) is 27.7 Å². The average Bonchev–Trinajstić information content (AvgIpc) is 3.11. The van der Waals surface area contributed by atoms with E-state index in [2.05, 4.69) is 10.6 Å². The summed E-state index contributed by atoms with van der Waals surface area (Å²) in [6, 6.07) is 0. The van der Waals surface area contributed by atoms with Crippen molar-refractivity contribution in [2.45, 2.75) is 77.6 Å². The molecule has 2 rings (SSSR count). The van der Waals surface area contributed by atoms with Crippen LogP contribution in [0.4, 0.5) is 4.79 Å². The summed E-state index contributed by atoms with van der Waals surface area (Å²) < 4.78 is 11.1. The molecule has 0 aliphatic carbocycles. The minimum Gasteiger partial charge on any atom is -0.444 e. The molecule has 0 bridgehead atoms. The van der Waals surface area contributed by atoms with Gasteiger partial charge < -0.3 is 25.0 Å². The summed E-state index contributed by atoms with van der Waals surface area (Å²) >= 11 is 0. The first-order chi connectivity index (χ1) is 13.2. The SMILES string of the molecule is CCCNC(=O)[C@@H]1CCCN(C(=O)[C@H]2CC[C@@H](CNC(=O)OC(C)(C)C)O2)C1. The van der Waals surface area contributed by atoms with Crippen molar-refractivity contribution in [2.75, 3.05) is 26.2 Å². The predicted molar refractivity (Wildman–Crippen MR) is 105 cm³/mol. The van der Waals surface area contributed by atoms with Crippen LogP contribution in [-0.2, 0) is 19.1 Å². The van der Waals surface area contributed by atoms with Crippen molar-refractivity contribution in [1.29, 1.82) is 0 Å². The molecule has 2 N–H and O–H groups in total. The van der Waals surface area contributed by atoms with Gasteiger partial charge in [0.25, 0.3) is 5.91 Å². The highest BCUT2D eigenvalue weighted by Crippen LogP contribution is 2.24. The molecule has 2 heterocycles. The molecular weight excluding hydrogens is 362 g/mol. The molecule has 3 atom stereocenters. The molecule has 2 fully saturated rings. The first-order valence-corrected chi connectivity index (χ1v) is 10.4. The van der Waals surface area contributed by atoms with E-state index in [1.54, 1.807) is 4.90 Å². The Morgan fingerprint density at radius 2 is 1.89 bits per heavy atom. The zero-order valence-corrected chi connectivity index (χ0v) is 17.6. The second kappa shape index (κ2) is 10.1. The van der Waals surface area contributed by atoms with Crippen molar-refractivity contribution in [3.8, 4) is 0 Å². The lowest BCUT2D eigenvalue weighted by Gasteiger charge is -2.33. The number of nitrogens with one attached hydrogen (secondary N) is 2. The zero-order valence-electron chi connectivity index (χ0n) is 17.6. The maximum Gasteiger partial charge on any atom is 0.407 e. The molecular formula is C20H35N3O5. The lowest BCUT2D eigenvalue weighted by Crippen LogP contribution is -2.48. The van der Waals surface area contributed by atoms with Gasteiger partial charge in [-0.2, -0.15) is 0 Å². The highest BCUT2D eigenvalue weighted by molar-refractivity contribution is 5.83. The van der Waals surface area contributed by atoms with E-state index in [1.165, 1.54) is 0 Å². The number of carbonyl (C=O) groups excluding carboxylic acids is 3.